The summed E-state index contributed by atoms with van der Waals surface area (Å²) in [4.78, 5) is 19.7. The van der Waals surface area contributed by atoms with Crippen molar-refractivity contribution in [2.75, 3.05) is 31.2 Å². The normalized spacial score (nSPS) is 21.4. The minimum absolute atomic E-state index is 0.0277. The first-order valence-corrected chi connectivity index (χ1v) is 13.5. The zero-order valence-corrected chi connectivity index (χ0v) is 19.6. The number of hydrogen-bond donors (Lipinski definition) is 3. The van der Waals surface area contributed by atoms with Gasteiger partial charge in [-0.3, -0.25) is 4.79 Å². The monoisotopic (exact) mass is 479 g/mol. The van der Waals surface area contributed by atoms with Crippen LogP contribution in [-0.2, 0) is 24.7 Å². The largest absolute Gasteiger partial charge is 0.341 e. The van der Waals surface area contributed by atoms with Gasteiger partial charge in [-0.1, -0.05) is 6.07 Å². The third kappa shape index (κ3) is 3.98. The molecule has 1 saturated heterocycles. The van der Waals surface area contributed by atoms with Crippen molar-refractivity contribution in [3.8, 4) is 0 Å². The summed E-state index contributed by atoms with van der Waals surface area (Å²) < 4.78 is 52.6. The molecule has 0 radical (unpaired) electrons. The van der Waals surface area contributed by atoms with Crippen LogP contribution in [0, 0.1) is 6.92 Å². The van der Waals surface area contributed by atoms with Crippen LogP contribution in [0.15, 0.2) is 28.1 Å². The highest BCUT2D eigenvalue weighted by Gasteiger charge is 2.37. The molecule has 1 atom stereocenters. The van der Waals surface area contributed by atoms with Gasteiger partial charge in [0.05, 0.1) is 21.8 Å². The Morgan fingerprint density at radius 1 is 1.22 bits per heavy atom. The van der Waals surface area contributed by atoms with Crippen molar-refractivity contribution in [2.24, 2.45) is 0 Å². The van der Waals surface area contributed by atoms with Gasteiger partial charge in [0.1, 0.15) is 5.82 Å². The average molecular weight is 480 g/mol. The maximum Gasteiger partial charge on any atom is 0.256 e. The predicted molar refractivity (Wildman–Crippen MR) is 120 cm³/mol. The fourth-order valence-electron chi connectivity index (χ4n) is 4.08. The minimum Gasteiger partial charge on any atom is -0.341 e. The summed E-state index contributed by atoms with van der Waals surface area (Å²) in [6.07, 6.45) is 3.11. The summed E-state index contributed by atoms with van der Waals surface area (Å²) in [5.41, 5.74) is 1.09. The van der Waals surface area contributed by atoms with Crippen molar-refractivity contribution in [1.82, 2.24) is 19.6 Å². The Hall–Kier alpha value is -2.54. The van der Waals surface area contributed by atoms with Crippen molar-refractivity contribution in [3.63, 3.8) is 0 Å². The van der Waals surface area contributed by atoms with Gasteiger partial charge in [-0.05, 0) is 45.0 Å². The number of fused-ring (bicyclic) bond motifs is 1. The first kappa shape index (κ1) is 22.6. The summed E-state index contributed by atoms with van der Waals surface area (Å²) in [5.74, 6) is -0.330. The zero-order valence-electron chi connectivity index (χ0n) is 18.0. The summed E-state index contributed by atoms with van der Waals surface area (Å²) in [6, 6.07) is 4.47. The van der Waals surface area contributed by atoms with Crippen LogP contribution in [0.5, 0.6) is 0 Å². The van der Waals surface area contributed by atoms with Gasteiger partial charge in [0.2, 0.25) is 10.0 Å². The van der Waals surface area contributed by atoms with E-state index < -0.39 is 25.8 Å². The number of amides is 1. The van der Waals surface area contributed by atoms with Gasteiger partial charge in [0.25, 0.3) is 5.91 Å². The molecular formula is C20H25N5O5S2. The highest BCUT2D eigenvalue weighted by molar-refractivity contribution is 7.90. The number of imidazole rings is 1. The van der Waals surface area contributed by atoms with E-state index in [1.54, 1.807) is 19.1 Å². The lowest BCUT2D eigenvalue weighted by atomic mass is 10.1. The SMILES string of the molecule is Cc1[nH]c(/C=C2\C(=O)Nc3cccc(S(=O)(=O)N4CCCNCC4C)c32)nc1S(C)(=O)=O. The number of hydrogen-bond acceptors (Lipinski definition) is 7. The van der Waals surface area contributed by atoms with Crippen molar-refractivity contribution in [2.45, 2.75) is 36.2 Å². The van der Waals surface area contributed by atoms with E-state index in [-0.39, 0.29) is 32.9 Å². The number of sulfone groups is 1. The van der Waals surface area contributed by atoms with Crippen molar-refractivity contribution in [1.29, 1.82) is 0 Å². The molecule has 0 bridgehead atoms. The highest BCUT2D eigenvalue weighted by Crippen LogP contribution is 2.39. The Balaban J connectivity index is 1.84. The summed E-state index contributed by atoms with van der Waals surface area (Å²) in [7, 11) is -7.46. The number of nitrogens with zero attached hydrogens (tertiary/aromatic N) is 2. The fourth-order valence-corrected chi connectivity index (χ4v) is 6.85. The summed E-state index contributed by atoms with van der Waals surface area (Å²) in [6.45, 7) is 5.05. The van der Waals surface area contributed by atoms with Gasteiger partial charge in [-0.15, -0.1) is 0 Å². The molecule has 12 heteroatoms. The molecule has 1 aromatic heterocycles. The molecule has 4 rings (SSSR count). The molecule has 2 aromatic rings. The predicted octanol–water partition coefficient (Wildman–Crippen LogP) is 0.987. The van der Waals surface area contributed by atoms with E-state index in [9.17, 15) is 21.6 Å². The van der Waals surface area contributed by atoms with Crippen LogP contribution in [0.2, 0.25) is 0 Å². The molecule has 2 aliphatic rings. The van der Waals surface area contributed by atoms with Crippen LogP contribution in [0.3, 0.4) is 0 Å². The molecule has 0 saturated carbocycles. The number of nitrogens with one attached hydrogen (secondary N) is 3. The lowest BCUT2D eigenvalue weighted by Crippen LogP contribution is -2.41. The number of sulfonamides is 1. The minimum atomic E-state index is -3.90. The van der Waals surface area contributed by atoms with Gasteiger partial charge in [0, 0.05) is 31.0 Å². The van der Waals surface area contributed by atoms with Gasteiger partial charge in [0.15, 0.2) is 14.9 Å². The number of rotatable bonds is 4. The Morgan fingerprint density at radius 2 is 1.97 bits per heavy atom. The van der Waals surface area contributed by atoms with E-state index in [0.717, 1.165) is 12.8 Å². The first-order valence-electron chi connectivity index (χ1n) is 10.2. The summed E-state index contributed by atoms with van der Waals surface area (Å²) in [5, 5.41) is 5.81. The molecule has 32 heavy (non-hydrogen) atoms. The lowest BCUT2D eigenvalue weighted by molar-refractivity contribution is -0.110. The summed E-state index contributed by atoms with van der Waals surface area (Å²) >= 11 is 0. The van der Waals surface area contributed by atoms with Gasteiger partial charge < -0.3 is 15.6 Å². The fraction of sp³-hybridized carbons (Fsp3) is 0.400. The van der Waals surface area contributed by atoms with E-state index in [1.807, 2.05) is 6.92 Å². The second kappa shape index (κ2) is 8.10. The van der Waals surface area contributed by atoms with E-state index in [0.29, 0.717) is 30.9 Å². The van der Waals surface area contributed by atoms with Crippen LogP contribution in [0.4, 0.5) is 5.69 Å². The molecule has 0 aliphatic carbocycles. The molecule has 10 nitrogen and oxygen atoms in total. The van der Waals surface area contributed by atoms with Gasteiger partial charge in [-0.2, -0.15) is 4.31 Å². The maximum absolute atomic E-state index is 13.6. The third-order valence-electron chi connectivity index (χ3n) is 5.53. The number of carbonyl (C=O) groups is 1. The Bertz CT molecular complexity index is 1330. The number of anilines is 1. The molecule has 1 aromatic carbocycles. The van der Waals surface area contributed by atoms with E-state index in [2.05, 4.69) is 20.6 Å². The maximum atomic E-state index is 13.6. The number of aromatic nitrogens is 2. The molecule has 1 fully saturated rings. The third-order valence-corrected chi connectivity index (χ3v) is 8.68. The van der Waals surface area contributed by atoms with Crippen LogP contribution in [0.25, 0.3) is 11.6 Å². The highest BCUT2D eigenvalue weighted by atomic mass is 32.2. The smallest absolute Gasteiger partial charge is 0.256 e. The molecular weight excluding hydrogens is 454 g/mol. The second-order valence-electron chi connectivity index (χ2n) is 8.04. The van der Waals surface area contributed by atoms with E-state index >= 15 is 0 Å². The standard InChI is InChI=1S/C20H25N5O5S2/c1-12-11-21-8-5-9-25(12)32(29,30)16-7-4-6-15-18(16)14(19(26)23-15)10-17-22-13(2)20(24-17)31(3,27)28/h4,6-7,10,12,21H,5,8-9,11H2,1-3H3,(H,22,24)(H,23,26)/b14-10-. The lowest BCUT2D eigenvalue weighted by Gasteiger charge is -2.26. The van der Waals surface area contributed by atoms with Crippen molar-refractivity contribution < 1.29 is 21.6 Å². The number of H-pyrrole nitrogens is 1. The quantitative estimate of drug-likeness (QED) is 0.555. The van der Waals surface area contributed by atoms with Crippen molar-refractivity contribution >= 4 is 43.1 Å². The van der Waals surface area contributed by atoms with E-state index in [4.69, 9.17) is 0 Å². The molecule has 3 heterocycles. The molecule has 2 aliphatic heterocycles. The number of aromatic amines is 1. The van der Waals surface area contributed by atoms with Gasteiger partial charge >= 0.3 is 0 Å². The van der Waals surface area contributed by atoms with Crippen LogP contribution in [0.1, 0.15) is 30.4 Å². The van der Waals surface area contributed by atoms with Crippen LogP contribution < -0.4 is 10.6 Å². The van der Waals surface area contributed by atoms with E-state index in [1.165, 1.54) is 16.4 Å². The number of benzene rings is 1. The van der Waals surface area contributed by atoms with Crippen LogP contribution >= 0.6 is 0 Å². The van der Waals surface area contributed by atoms with Gasteiger partial charge in [-0.25, -0.2) is 21.8 Å². The average Bonchev–Trinajstić information content (AvgIpc) is 3.14. The number of carbonyl (C=O) groups excluding carboxylic acids is 1. The Labute approximate surface area is 187 Å². The van der Waals surface area contributed by atoms with Crippen LogP contribution in [-0.4, -0.2) is 68.9 Å². The zero-order chi connectivity index (χ0) is 23.3. The first-order chi connectivity index (χ1) is 15.0. The molecule has 1 amide bonds. The Morgan fingerprint density at radius 3 is 2.66 bits per heavy atom. The Kier molecular flexibility index (Phi) is 5.74. The molecule has 0 spiro atoms. The topological polar surface area (TPSA) is 141 Å². The molecule has 3 N–H and O–H groups in total. The molecule has 172 valence electrons. The second-order valence-corrected chi connectivity index (χ2v) is 11.8. The van der Waals surface area contributed by atoms with Crippen molar-refractivity contribution in [3.05, 3.63) is 35.3 Å². The number of aryl methyl sites for hydroxylation is 1. The molecule has 1 unspecified atom stereocenters.